The van der Waals surface area contributed by atoms with Crippen LogP contribution in [0, 0.1) is 0 Å². The predicted octanol–water partition coefficient (Wildman–Crippen LogP) is 1.15. The molecule has 0 aliphatic carbocycles. The Morgan fingerprint density at radius 2 is 2.00 bits per heavy atom. The Morgan fingerprint density at radius 1 is 1.45 bits per heavy atom. The van der Waals surface area contributed by atoms with Crippen molar-refractivity contribution in [2.45, 2.75) is 13.3 Å². The minimum absolute atomic E-state index is 0.0950. The third kappa shape index (κ3) is 6.52. The molecule has 0 amide bonds. The van der Waals surface area contributed by atoms with E-state index in [0.29, 0.717) is 6.42 Å². The van der Waals surface area contributed by atoms with Gasteiger partial charge in [0.1, 0.15) is 0 Å². The standard InChI is InChI=1S/C5H11ClFNO2S/c1-2-4-11(9,10)5-3-8(6)7/h2-5H2,1H3. The van der Waals surface area contributed by atoms with Gasteiger partial charge in [0, 0.05) is 17.5 Å². The van der Waals surface area contributed by atoms with Crippen LogP contribution in [0.5, 0.6) is 0 Å². The van der Waals surface area contributed by atoms with Crippen LogP contribution in [0.3, 0.4) is 0 Å². The molecule has 0 aromatic heterocycles. The molecule has 0 aliphatic heterocycles. The second-order valence-electron chi connectivity index (χ2n) is 2.18. The number of nitrogens with zero attached hydrogens (tertiary/aromatic N) is 1. The first-order valence-corrected chi connectivity index (χ1v) is 5.43. The number of halogens is 2. The van der Waals surface area contributed by atoms with E-state index in [9.17, 15) is 12.9 Å². The first kappa shape index (κ1) is 11.1. The minimum atomic E-state index is -3.09. The van der Waals surface area contributed by atoms with E-state index in [1.807, 2.05) is 0 Å². The SMILES string of the molecule is CCCS(=O)(=O)CCN(F)Cl. The van der Waals surface area contributed by atoms with Crippen molar-refractivity contribution in [1.82, 2.24) is 4.64 Å². The van der Waals surface area contributed by atoms with Crippen LogP contribution in [0.4, 0.5) is 4.48 Å². The number of hydrogen-bond acceptors (Lipinski definition) is 3. The van der Waals surface area contributed by atoms with Crippen molar-refractivity contribution < 1.29 is 12.9 Å². The normalized spacial score (nSPS) is 12.4. The monoisotopic (exact) mass is 203 g/mol. The van der Waals surface area contributed by atoms with Crippen molar-refractivity contribution in [3.63, 3.8) is 0 Å². The molecule has 0 bridgehead atoms. The molecule has 0 aromatic rings. The molecular formula is C5H11ClFNO2S. The lowest BCUT2D eigenvalue weighted by molar-refractivity contribution is 0.156. The van der Waals surface area contributed by atoms with Gasteiger partial charge in [0.15, 0.2) is 9.84 Å². The first-order valence-electron chi connectivity index (χ1n) is 3.27. The van der Waals surface area contributed by atoms with Gasteiger partial charge in [0.2, 0.25) is 0 Å². The zero-order valence-corrected chi connectivity index (χ0v) is 7.83. The van der Waals surface area contributed by atoms with Crippen LogP contribution in [-0.4, -0.2) is 31.1 Å². The van der Waals surface area contributed by atoms with Crippen LogP contribution in [-0.2, 0) is 9.84 Å². The fourth-order valence-corrected chi connectivity index (χ4v) is 2.07. The zero-order chi connectivity index (χ0) is 8.91. The quantitative estimate of drug-likeness (QED) is 0.630. The molecule has 0 heterocycles. The Bertz CT molecular complexity index is 193. The van der Waals surface area contributed by atoms with Crippen molar-refractivity contribution >= 4 is 21.6 Å². The summed E-state index contributed by atoms with van der Waals surface area (Å²) < 4.78 is 33.4. The highest BCUT2D eigenvalue weighted by atomic mass is 35.5. The molecule has 0 saturated carbocycles. The van der Waals surface area contributed by atoms with Gasteiger partial charge >= 0.3 is 0 Å². The van der Waals surface area contributed by atoms with Crippen LogP contribution in [0.2, 0.25) is 0 Å². The van der Waals surface area contributed by atoms with Gasteiger partial charge in [-0.05, 0) is 6.42 Å². The summed E-state index contributed by atoms with van der Waals surface area (Å²) in [6.45, 7) is 1.48. The summed E-state index contributed by atoms with van der Waals surface area (Å²) in [5, 5.41) is 0. The molecule has 0 N–H and O–H groups in total. The summed E-state index contributed by atoms with van der Waals surface area (Å²) in [5.41, 5.74) is 0. The van der Waals surface area contributed by atoms with Crippen molar-refractivity contribution in [3.8, 4) is 0 Å². The maximum Gasteiger partial charge on any atom is 0.151 e. The molecule has 0 radical (unpaired) electrons. The first-order chi connectivity index (χ1) is 4.98. The summed E-state index contributed by atoms with van der Waals surface area (Å²) >= 11 is 4.79. The molecule has 3 nitrogen and oxygen atoms in total. The summed E-state index contributed by atoms with van der Waals surface area (Å²) in [7, 11) is -3.09. The van der Waals surface area contributed by atoms with Gasteiger partial charge in [-0.25, -0.2) is 8.42 Å². The average molecular weight is 204 g/mol. The molecule has 0 rings (SSSR count). The largest absolute Gasteiger partial charge is 0.229 e. The van der Waals surface area contributed by atoms with Crippen LogP contribution >= 0.6 is 11.8 Å². The van der Waals surface area contributed by atoms with Gasteiger partial charge in [0.25, 0.3) is 0 Å². The average Bonchev–Trinajstić information content (AvgIpc) is 1.84. The molecular weight excluding hydrogens is 193 g/mol. The molecule has 68 valence electrons. The Labute approximate surface area is 71.1 Å². The van der Waals surface area contributed by atoms with Gasteiger partial charge in [-0.3, -0.25) is 0 Å². The van der Waals surface area contributed by atoms with Crippen molar-refractivity contribution in [2.75, 3.05) is 18.1 Å². The van der Waals surface area contributed by atoms with Gasteiger partial charge < -0.3 is 0 Å². The summed E-state index contributed by atoms with van der Waals surface area (Å²) in [4.78, 5) is 0. The van der Waals surface area contributed by atoms with Crippen molar-refractivity contribution in [2.24, 2.45) is 0 Å². The maximum absolute atomic E-state index is 11.8. The second kappa shape index (κ2) is 4.90. The molecule has 0 saturated heterocycles. The minimum Gasteiger partial charge on any atom is -0.229 e. The van der Waals surface area contributed by atoms with Crippen molar-refractivity contribution in [1.29, 1.82) is 0 Å². The fourth-order valence-electron chi connectivity index (χ4n) is 0.621. The van der Waals surface area contributed by atoms with Gasteiger partial charge in [-0.2, -0.15) is 0 Å². The predicted molar refractivity (Wildman–Crippen MR) is 42.6 cm³/mol. The van der Waals surface area contributed by atoms with Crippen LogP contribution in [0.25, 0.3) is 0 Å². The third-order valence-corrected chi connectivity index (χ3v) is 3.09. The number of hydrogen-bond donors (Lipinski definition) is 0. The fraction of sp³-hybridized carbons (Fsp3) is 1.00. The van der Waals surface area contributed by atoms with E-state index in [1.165, 1.54) is 0 Å². The molecule has 0 aliphatic rings. The molecule has 11 heavy (non-hydrogen) atoms. The van der Waals surface area contributed by atoms with E-state index < -0.39 is 9.84 Å². The van der Waals surface area contributed by atoms with Crippen LogP contribution in [0.1, 0.15) is 13.3 Å². The molecule has 0 aromatic carbocycles. The Balaban J connectivity index is 3.74. The van der Waals surface area contributed by atoms with Gasteiger partial charge in [-0.1, -0.05) is 11.6 Å². The Kier molecular flexibility index (Phi) is 4.96. The highest BCUT2D eigenvalue weighted by Crippen LogP contribution is 1.98. The van der Waals surface area contributed by atoms with Crippen LogP contribution < -0.4 is 0 Å². The lowest BCUT2D eigenvalue weighted by Gasteiger charge is -2.02. The number of rotatable bonds is 5. The second-order valence-corrected chi connectivity index (χ2v) is 4.85. The highest BCUT2D eigenvalue weighted by molar-refractivity contribution is 7.91. The molecule has 6 heteroatoms. The lowest BCUT2D eigenvalue weighted by atomic mass is 10.6. The summed E-state index contributed by atoms with van der Waals surface area (Å²) in [5.74, 6) is -0.126. The van der Waals surface area contributed by atoms with Gasteiger partial charge in [0.05, 0.1) is 12.3 Å². The van der Waals surface area contributed by atoms with E-state index in [-0.39, 0.29) is 22.7 Å². The summed E-state index contributed by atoms with van der Waals surface area (Å²) in [6.07, 6.45) is 0.552. The highest BCUT2D eigenvalue weighted by Gasteiger charge is 2.10. The summed E-state index contributed by atoms with van der Waals surface area (Å²) in [6, 6.07) is 0. The Morgan fingerprint density at radius 3 is 2.36 bits per heavy atom. The number of sulfone groups is 1. The van der Waals surface area contributed by atoms with Gasteiger partial charge in [-0.15, -0.1) is 4.48 Å². The van der Waals surface area contributed by atoms with Crippen molar-refractivity contribution in [3.05, 3.63) is 0 Å². The van der Waals surface area contributed by atoms with Crippen LogP contribution in [0.15, 0.2) is 0 Å². The molecule has 0 unspecified atom stereocenters. The molecule has 0 spiro atoms. The van der Waals surface area contributed by atoms with E-state index in [0.717, 1.165) is 0 Å². The van der Waals surface area contributed by atoms with E-state index in [2.05, 4.69) is 0 Å². The third-order valence-electron chi connectivity index (χ3n) is 1.09. The van der Waals surface area contributed by atoms with E-state index in [4.69, 9.17) is 11.8 Å². The molecule has 0 atom stereocenters. The smallest absolute Gasteiger partial charge is 0.151 e. The topological polar surface area (TPSA) is 37.4 Å². The van der Waals surface area contributed by atoms with E-state index in [1.54, 1.807) is 6.92 Å². The lowest BCUT2D eigenvalue weighted by Crippen LogP contribution is -2.18. The maximum atomic E-state index is 11.8. The molecule has 0 fully saturated rings. The van der Waals surface area contributed by atoms with E-state index >= 15 is 0 Å². The zero-order valence-electron chi connectivity index (χ0n) is 6.26. The Hall–Kier alpha value is 0.130.